The van der Waals surface area contributed by atoms with Gasteiger partial charge in [0.25, 0.3) is 0 Å². The van der Waals surface area contributed by atoms with Gasteiger partial charge < -0.3 is 9.80 Å². The summed E-state index contributed by atoms with van der Waals surface area (Å²) in [5, 5.41) is 0. The highest BCUT2D eigenvalue weighted by Gasteiger charge is 2.56. The molecule has 0 N–H and O–H groups in total. The van der Waals surface area contributed by atoms with E-state index in [1.54, 1.807) is 0 Å². The average Bonchev–Trinajstić information content (AvgIpc) is 2.73. The zero-order chi connectivity index (χ0) is 12.6. The average molecular weight is 232 g/mol. The van der Waals surface area contributed by atoms with Gasteiger partial charge in [0.2, 0.25) is 0 Å². The van der Waals surface area contributed by atoms with Crippen LogP contribution in [-0.4, -0.2) is 23.0 Å². The van der Waals surface area contributed by atoms with E-state index in [0.717, 1.165) is 5.92 Å². The molecule has 0 aromatic heterocycles. The fraction of sp³-hybridized carbons (Fsp3) is 0.600. The first-order valence-electron chi connectivity index (χ1n) is 6.49. The van der Waals surface area contributed by atoms with Crippen LogP contribution in [0.2, 0.25) is 0 Å². The monoisotopic (exact) mass is 232 g/mol. The molecule has 2 aliphatic rings. The summed E-state index contributed by atoms with van der Waals surface area (Å²) in [7, 11) is 2.18. The van der Waals surface area contributed by atoms with E-state index in [4.69, 9.17) is 0 Å². The number of hydrogen-bond donors (Lipinski definition) is 0. The molecule has 0 spiro atoms. The van der Waals surface area contributed by atoms with Gasteiger partial charge in [-0.05, 0) is 32.3 Å². The molecule has 1 heterocycles. The molecule has 0 bridgehead atoms. The van der Waals surface area contributed by atoms with Crippen LogP contribution in [0.1, 0.15) is 34.1 Å². The third-order valence-electron chi connectivity index (χ3n) is 4.35. The lowest BCUT2D eigenvalue weighted by Crippen LogP contribution is -2.42. The Morgan fingerprint density at radius 3 is 2.59 bits per heavy atom. The first-order chi connectivity index (χ1) is 8.00. The number of nitrogens with zero attached hydrogens (tertiary/aromatic N) is 2. The molecule has 2 heteroatoms. The third-order valence-corrected chi connectivity index (χ3v) is 4.35. The lowest BCUT2D eigenvalue weighted by molar-refractivity contribution is 0.122. The second-order valence-electron chi connectivity index (χ2n) is 5.69. The highest BCUT2D eigenvalue weighted by Crippen LogP contribution is 2.57. The van der Waals surface area contributed by atoms with E-state index in [0.29, 0.717) is 11.6 Å². The molecule has 2 nitrogen and oxygen atoms in total. The highest BCUT2D eigenvalue weighted by molar-refractivity contribution is 5.20. The fourth-order valence-corrected chi connectivity index (χ4v) is 2.91. The normalized spacial score (nSPS) is 37.4. The lowest BCUT2D eigenvalue weighted by Gasteiger charge is -2.36. The van der Waals surface area contributed by atoms with Crippen LogP contribution in [0.4, 0.5) is 0 Å². The van der Waals surface area contributed by atoms with Gasteiger partial charge in [-0.1, -0.05) is 26.0 Å². The molecule has 17 heavy (non-hydrogen) atoms. The quantitative estimate of drug-likeness (QED) is 0.687. The molecule has 1 saturated carbocycles. The molecule has 94 valence electrons. The van der Waals surface area contributed by atoms with Crippen molar-refractivity contribution in [3.63, 3.8) is 0 Å². The highest BCUT2D eigenvalue weighted by atomic mass is 15.4. The first kappa shape index (κ1) is 12.3. The van der Waals surface area contributed by atoms with Crippen molar-refractivity contribution in [1.29, 1.82) is 0 Å². The predicted molar refractivity (Wildman–Crippen MR) is 73.0 cm³/mol. The molecule has 3 atom stereocenters. The Bertz CT molecular complexity index is 380. The second kappa shape index (κ2) is 4.25. The van der Waals surface area contributed by atoms with Crippen molar-refractivity contribution in [2.75, 3.05) is 7.05 Å². The van der Waals surface area contributed by atoms with Crippen molar-refractivity contribution >= 4 is 0 Å². The maximum Gasteiger partial charge on any atom is 0.110 e. The van der Waals surface area contributed by atoms with Crippen LogP contribution in [0.3, 0.4) is 0 Å². The Kier molecular flexibility index (Phi) is 3.07. The molecule has 0 amide bonds. The smallest absolute Gasteiger partial charge is 0.110 e. The molecule has 3 unspecified atom stereocenters. The van der Waals surface area contributed by atoms with Crippen LogP contribution in [0.15, 0.2) is 36.3 Å². The van der Waals surface area contributed by atoms with Crippen LogP contribution >= 0.6 is 0 Å². The molecule has 1 aliphatic carbocycles. The van der Waals surface area contributed by atoms with E-state index in [2.05, 4.69) is 75.2 Å². The Morgan fingerprint density at radius 1 is 1.41 bits per heavy atom. The van der Waals surface area contributed by atoms with Crippen molar-refractivity contribution in [3.8, 4) is 0 Å². The SMILES string of the molecule is C/C=C\C=C(/C)N1C=CN(C)C1C1(C)CC1C. The summed E-state index contributed by atoms with van der Waals surface area (Å²) in [6.45, 7) is 9.00. The van der Waals surface area contributed by atoms with Crippen LogP contribution in [0.5, 0.6) is 0 Å². The summed E-state index contributed by atoms with van der Waals surface area (Å²) in [5.74, 6) is 0.826. The Balaban J connectivity index is 2.20. The Morgan fingerprint density at radius 2 is 2.06 bits per heavy atom. The van der Waals surface area contributed by atoms with Gasteiger partial charge in [0.05, 0.1) is 0 Å². The van der Waals surface area contributed by atoms with Crippen molar-refractivity contribution in [2.45, 2.75) is 40.3 Å². The number of allylic oxidation sites excluding steroid dienone is 4. The molecule has 2 rings (SSSR count). The minimum absolute atomic E-state index is 0.434. The minimum atomic E-state index is 0.434. The van der Waals surface area contributed by atoms with E-state index in [1.807, 2.05) is 0 Å². The van der Waals surface area contributed by atoms with Crippen LogP contribution in [-0.2, 0) is 0 Å². The van der Waals surface area contributed by atoms with Crippen molar-refractivity contribution < 1.29 is 0 Å². The molecule has 0 radical (unpaired) electrons. The van der Waals surface area contributed by atoms with Crippen LogP contribution in [0, 0.1) is 11.3 Å². The summed E-state index contributed by atoms with van der Waals surface area (Å²) in [6.07, 6.45) is 12.6. The standard InChI is InChI=1S/C15H24N2/c1-6-7-8-13(3)17-10-9-16(5)14(17)15(4)11-12(15)2/h6-10,12,14H,11H2,1-5H3/b7-6-,13-8+. The fourth-order valence-electron chi connectivity index (χ4n) is 2.91. The maximum atomic E-state index is 2.41. The zero-order valence-corrected chi connectivity index (χ0v) is 11.6. The van der Waals surface area contributed by atoms with Gasteiger partial charge >= 0.3 is 0 Å². The van der Waals surface area contributed by atoms with Crippen LogP contribution < -0.4 is 0 Å². The molecule has 0 aromatic carbocycles. The van der Waals surface area contributed by atoms with E-state index < -0.39 is 0 Å². The van der Waals surface area contributed by atoms with Gasteiger partial charge in [-0.15, -0.1) is 0 Å². The van der Waals surface area contributed by atoms with Gasteiger partial charge in [0.15, 0.2) is 0 Å². The third kappa shape index (κ3) is 2.01. The van der Waals surface area contributed by atoms with Crippen molar-refractivity contribution in [3.05, 3.63) is 36.3 Å². The van der Waals surface area contributed by atoms with Gasteiger partial charge in [0, 0.05) is 30.6 Å². The van der Waals surface area contributed by atoms with Gasteiger partial charge in [-0.2, -0.15) is 0 Å². The number of rotatable bonds is 3. The molecule has 1 fully saturated rings. The van der Waals surface area contributed by atoms with E-state index in [9.17, 15) is 0 Å². The van der Waals surface area contributed by atoms with E-state index >= 15 is 0 Å². The minimum Gasteiger partial charge on any atom is -0.358 e. The zero-order valence-electron chi connectivity index (χ0n) is 11.6. The number of hydrogen-bond acceptors (Lipinski definition) is 2. The summed E-state index contributed by atoms with van der Waals surface area (Å²) in [4.78, 5) is 4.75. The van der Waals surface area contributed by atoms with Crippen molar-refractivity contribution in [2.24, 2.45) is 11.3 Å². The largest absolute Gasteiger partial charge is 0.358 e. The summed E-state index contributed by atoms with van der Waals surface area (Å²) in [6, 6.07) is 0. The van der Waals surface area contributed by atoms with Crippen molar-refractivity contribution in [1.82, 2.24) is 9.80 Å². The molecule has 0 aromatic rings. The Labute approximate surface area is 105 Å². The molecule has 0 saturated heterocycles. The van der Waals surface area contributed by atoms with Gasteiger partial charge in [-0.3, -0.25) is 0 Å². The Hall–Kier alpha value is -1.18. The summed E-state index contributed by atoms with van der Waals surface area (Å²) >= 11 is 0. The van der Waals surface area contributed by atoms with Gasteiger partial charge in [0.1, 0.15) is 6.17 Å². The molecular formula is C15H24N2. The lowest BCUT2D eigenvalue weighted by atomic mass is 10.0. The topological polar surface area (TPSA) is 6.48 Å². The summed E-state index contributed by atoms with van der Waals surface area (Å²) < 4.78 is 0. The summed E-state index contributed by atoms with van der Waals surface area (Å²) in [5.41, 5.74) is 1.75. The first-order valence-corrected chi connectivity index (χ1v) is 6.49. The van der Waals surface area contributed by atoms with E-state index in [-0.39, 0.29) is 0 Å². The second-order valence-corrected chi connectivity index (χ2v) is 5.69. The van der Waals surface area contributed by atoms with Gasteiger partial charge in [-0.25, -0.2) is 0 Å². The van der Waals surface area contributed by atoms with E-state index in [1.165, 1.54) is 12.1 Å². The predicted octanol–water partition coefficient (Wildman–Crippen LogP) is 3.56. The van der Waals surface area contributed by atoms with Crippen LogP contribution in [0.25, 0.3) is 0 Å². The molecule has 1 aliphatic heterocycles. The molecular weight excluding hydrogens is 208 g/mol. The maximum absolute atomic E-state index is 2.41.